The van der Waals surface area contributed by atoms with Crippen LogP contribution in [0.2, 0.25) is 0 Å². The number of nitrogens with zero attached hydrogens (tertiary/aromatic N) is 2. The summed E-state index contributed by atoms with van der Waals surface area (Å²) in [5.41, 5.74) is 2.41. The molecule has 0 amide bonds. The van der Waals surface area contributed by atoms with Crippen molar-refractivity contribution in [3.8, 4) is 0 Å². The van der Waals surface area contributed by atoms with E-state index in [2.05, 4.69) is 39.8 Å². The van der Waals surface area contributed by atoms with Crippen molar-refractivity contribution >= 4 is 16.7 Å². The van der Waals surface area contributed by atoms with Crippen molar-refractivity contribution in [2.24, 2.45) is 0 Å². The largest absolute Gasteiger partial charge is 0.380 e. The predicted molar refractivity (Wildman–Crippen MR) is 78.4 cm³/mol. The van der Waals surface area contributed by atoms with E-state index in [9.17, 15) is 0 Å². The molecule has 4 nitrogen and oxygen atoms in total. The Hall–Kier alpha value is -1.46. The Balaban J connectivity index is 1.91. The molecule has 2 rings (SSSR count). The number of aromatic nitrogens is 2. The lowest BCUT2D eigenvalue weighted by atomic mass is 10.1. The van der Waals surface area contributed by atoms with Crippen LogP contribution >= 0.6 is 11.5 Å². The third-order valence-electron chi connectivity index (χ3n) is 2.69. The summed E-state index contributed by atoms with van der Waals surface area (Å²) in [5, 5.41) is 4.20. The molecule has 0 fully saturated rings. The van der Waals surface area contributed by atoms with Gasteiger partial charge in [0.05, 0.1) is 6.61 Å². The van der Waals surface area contributed by atoms with Gasteiger partial charge >= 0.3 is 0 Å². The predicted octanol–water partition coefficient (Wildman–Crippen LogP) is 3.25. The van der Waals surface area contributed by atoms with E-state index in [1.165, 1.54) is 22.7 Å². The molecule has 1 heterocycles. The molecule has 0 unspecified atom stereocenters. The minimum absolute atomic E-state index is 0.646. The van der Waals surface area contributed by atoms with E-state index in [1.807, 2.05) is 6.07 Å². The summed E-state index contributed by atoms with van der Waals surface area (Å²) >= 11 is 1.43. The summed E-state index contributed by atoms with van der Waals surface area (Å²) in [5.74, 6) is 0.933. The SMILES string of the molecule is CCCc1nsc(NCc2cccc(COC)c2)n1. The van der Waals surface area contributed by atoms with E-state index in [4.69, 9.17) is 4.74 Å². The molecule has 1 aromatic carbocycles. The van der Waals surface area contributed by atoms with Gasteiger partial charge in [-0.1, -0.05) is 31.2 Å². The van der Waals surface area contributed by atoms with Crippen LogP contribution in [0.15, 0.2) is 24.3 Å². The summed E-state index contributed by atoms with van der Waals surface area (Å²) in [6, 6.07) is 8.36. The minimum Gasteiger partial charge on any atom is -0.380 e. The maximum atomic E-state index is 5.14. The van der Waals surface area contributed by atoms with Gasteiger partial charge in [-0.3, -0.25) is 0 Å². The van der Waals surface area contributed by atoms with Crippen molar-refractivity contribution in [2.75, 3.05) is 12.4 Å². The summed E-state index contributed by atoms with van der Waals surface area (Å²) in [7, 11) is 1.71. The minimum atomic E-state index is 0.646. The van der Waals surface area contributed by atoms with Crippen molar-refractivity contribution in [3.05, 3.63) is 41.2 Å². The van der Waals surface area contributed by atoms with Gasteiger partial charge in [0.1, 0.15) is 5.82 Å². The molecule has 0 spiro atoms. The number of ether oxygens (including phenoxy) is 1. The van der Waals surface area contributed by atoms with Crippen LogP contribution in [0.5, 0.6) is 0 Å². The number of aryl methyl sites for hydroxylation is 1. The zero-order valence-corrected chi connectivity index (χ0v) is 12.2. The van der Waals surface area contributed by atoms with Crippen LogP contribution < -0.4 is 5.32 Å². The first-order valence-corrected chi connectivity index (χ1v) is 7.22. The fourth-order valence-electron chi connectivity index (χ4n) is 1.82. The van der Waals surface area contributed by atoms with E-state index in [-0.39, 0.29) is 0 Å². The first kappa shape index (κ1) is 14.0. The Kier molecular flexibility index (Phi) is 5.30. The number of nitrogens with one attached hydrogen (secondary N) is 1. The van der Waals surface area contributed by atoms with Gasteiger partial charge in [0.2, 0.25) is 5.13 Å². The summed E-state index contributed by atoms with van der Waals surface area (Å²) in [4.78, 5) is 4.45. The average molecular weight is 277 g/mol. The van der Waals surface area contributed by atoms with Gasteiger partial charge < -0.3 is 10.1 Å². The highest BCUT2D eigenvalue weighted by Gasteiger charge is 2.03. The highest BCUT2D eigenvalue weighted by Crippen LogP contribution is 2.14. The normalized spacial score (nSPS) is 10.6. The van der Waals surface area contributed by atoms with E-state index in [1.54, 1.807) is 7.11 Å². The molecular weight excluding hydrogens is 258 g/mol. The fourth-order valence-corrected chi connectivity index (χ4v) is 2.43. The van der Waals surface area contributed by atoms with Gasteiger partial charge in [0.15, 0.2) is 0 Å². The van der Waals surface area contributed by atoms with Gasteiger partial charge in [-0.05, 0) is 17.5 Å². The average Bonchev–Trinajstić information content (AvgIpc) is 2.86. The maximum Gasteiger partial charge on any atom is 0.202 e. The van der Waals surface area contributed by atoms with Crippen molar-refractivity contribution in [1.29, 1.82) is 0 Å². The molecule has 0 saturated heterocycles. The van der Waals surface area contributed by atoms with Gasteiger partial charge in [-0.15, -0.1) is 0 Å². The molecule has 0 saturated carbocycles. The van der Waals surface area contributed by atoms with Gasteiger partial charge in [0, 0.05) is 31.6 Å². The lowest BCUT2D eigenvalue weighted by Crippen LogP contribution is -2.00. The molecule has 0 radical (unpaired) electrons. The Morgan fingerprint density at radius 3 is 2.95 bits per heavy atom. The maximum absolute atomic E-state index is 5.14. The second-order valence-electron chi connectivity index (χ2n) is 4.37. The summed E-state index contributed by atoms with van der Waals surface area (Å²) < 4.78 is 9.45. The van der Waals surface area contributed by atoms with E-state index >= 15 is 0 Å². The van der Waals surface area contributed by atoms with Crippen LogP contribution in [-0.4, -0.2) is 16.5 Å². The van der Waals surface area contributed by atoms with Gasteiger partial charge in [-0.2, -0.15) is 4.37 Å². The summed E-state index contributed by atoms with van der Waals surface area (Å²) in [6.07, 6.45) is 2.02. The Morgan fingerprint density at radius 2 is 2.16 bits per heavy atom. The Labute approximate surface area is 118 Å². The molecule has 2 aromatic rings. The number of hydrogen-bond donors (Lipinski definition) is 1. The zero-order valence-electron chi connectivity index (χ0n) is 11.3. The Morgan fingerprint density at radius 1 is 1.32 bits per heavy atom. The van der Waals surface area contributed by atoms with Crippen LogP contribution in [-0.2, 0) is 24.3 Å². The molecule has 102 valence electrons. The van der Waals surface area contributed by atoms with Crippen LogP contribution in [0.1, 0.15) is 30.3 Å². The van der Waals surface area contributed by atoms with E-state index in [0.29, 0.717) is 6.61 Å². The number of methoxy groups -OCH3 is 1. The monoisotopic (exact) mass is 277 g/mol. The number of rotatable bonds is 7. The van der Waals surface area contributed by atoms with Crippen molar-refractivity contribution in [1.82, 2.24) is 9.36 Å². The molecule has 1 aromatic heterocycles. The topological polar surface area (TPSA) is 47.0 Å². The molecule has 0 bridgehead atoms. The van der Waals surface area contributed by atoms with Crippen molar-refractivity contribution in [2.45, 2.75) is 32.9 Å². The molecule has 5 heteroatoms. The van der Waals surface area contributed by atoms with E-state index < -0.39 is 0 Å². The molecule has 1 N–H and O–H groups in total. The molecule has 0 aliphatic rings. The van der Waals surface area contributed by atoms with Crippen LogP contribution in [0.3, 0.4) is 0 Å². The van der Waals surface area contributed by atoms with Gasteiger partial charge in [0.25, 0.3) is 0 Å². The first-order chi connectivity index (χ1) is 9.31. The quantitative estimate of drug-likeness (QED) is 0.844. The van der Waals surface area contributed by atoms with Crippen molar-refractivity contribution in [3.63, 3.8) is 0 Å². The highest BCUT2D eigenvalue weighted by atomic mass is 32.1. The Bertz CT molecular complexity index is 513. The van der Waals surface area contributed by atoms with Crippen LogP contribution in [0.25, 0.3) is 0 Å². The second-order valence-corrected chi connectivity index (χ2v) is 5.12. The molecule has 0 atom stereocenters. The third-order valence-corrected chi connectivity index (χ3v) is 3.40. The lowest BCUT2D eigenvalue weighted by molar-refractivity contribution is 0.185. The highest BCUT2D eigenvalue weighted by molar-refractivity contribution is 7.09. The van der Waals surface area contributed by atoms with Gasteiger partial charge in [-0.25, -0.2) is 4.98 Å². The second kappa shape index (κ2) is 7.21. The number of anilines is 1. The molecule has 0 aliphatic heterocycles. The number of hydrogen-bond acceptors (Lipinski definition) is 5. The summed E-state index contributed by atoms with van der Waals surface area (Å²) in [6.45, 7) is 3.54. The number of benzene rings is 1. The standard InChI is InChI=1S/C14H19N3OS/c1-3-5-13-16-14(19-17-13)15-9-11-6-4-7-12(8-11)10-18-2/h4,6-8H,3,5,9-10H2,1-2H3,(H,15,16,17). The third kappa shape index (κ3) is 4.29. The fraction of sp³-hybridized carbons (Fsp3) is 0.429. The molecule has 19 heavy (non-hydrogen) atoms. The first-order valence-electron chi connectivity index (χ1n) is 6.45. The smallest absolute Gasteiger partial charge is 0.202 e. The van der Waals surface area contributed by atoms with Crippen molar-refractivity contribution < 1.29 is 4.74 Å². The lowest BCUT2D eigenvalue weighted by Gasteiger charge is -2.05. The molecule has 0 aliphatic carbocycles. The molecular formula is C14H19N3OS. The van der Waals surface area contributed by atoms with Crippen LogP contribution in [0.4, 0.5) is 5.13 Å². The van der Waals surface area contributed by atoms with E-state index in [0.717, 1.165) is 30.3 Å². The van der Waals surface area contributed by atoms with Crippen LogP contribution in [0, 0.1) is 0 Å². The zero-order chi connectivity index (χ0) is 13.5.